The zero-order valence-electron chi connectivity index (χ0n) is 13.2. The molecule has 112 valence electrons. The fourth-order valence-electron chi connectivity index (χ4n) is 2.51. The smallest absolute Gasteiger partial charge is 0.123 e. The lowest BCUT2D eigenvalue weighted by molar-refractivity contribution is 0.492. The summed E-state index contributed by atoms with van der Waals surface area (Å²) in [5.41, 5.74) is 3.58. The van der Waals surface area contributed by atoms with Crippen LogP contribution in [0.5, 0.6) is 0 Å². The second kappa shape index (κ2) is 6.86. The maximum absolute atomic E-state index is 13.3. The predicted molar refractivity (Wildman–Crippen MR) is 86.9 cm³/mol. The molecule has 1 unspecified atom stereocenters. The van der Waals surface area contributed by atoms with Crippen LogP contribution in [-0.4, -0.2) is 0 Å². The summed E-state index contributed by atoms with van der Waals surface area (Å²) in [5.74, 6) is 0.364. The van der Waals surface area contributed by atoms with Crippen molar-refractivity contribution in [3.05, 3.63) is 71.0 Å². The van der Waals surface area contributed by atoms with Crippen LogP contribution >= 0.6 is 0 Å². The molecule has 0 aliphatic rings. The number of rotatable bonds is 5. The van der Waals surface area contributed by atoms with E-state index in [2.05, 4.69) is 57.3 Å². The van der Waals surface area contributed by atoms with Crippen LogP contribution in [0.15, 0.2) is 48.5 Å². The Kier molecular flexibility index (Phi) is 5.13. The highest BCUT2D eigenvalue weighted by molar-refractivity contribution is 5.27. The molecule has 0 aliphatic heterocycles. The average molecular weight is 285 g/mol. The first kappa shape index (κ1) is 15.7. The SMILES string of the molecule is CC(C)c1ccc(C(C)N[C@H](C)c2cccc(F)c2)cc1. The molecule has 2 aromatic carbocycles. The first-order valence-electron chi connectivity index (χ1n) is 7.58. The molecular weight excluding hydrogens is 261 g/mol. The van der Waals surface area contributed by atoms with Crippen LogP contribution in [-0.2, 0) is 0 Å². The first-order valence-corrected chi connectivity index (χ1v) is 7.58. The molecule has 0 amide bonds. The molecule has 21 heavy (non-hydrogen) atoms. The van der Waals surface area contributed by atoms with E-state index in [4.69, 9.17) is 0 Å². The molecule has 0 saturated carbocycles. The van der Waals surface area contributed by atoms with E-state index in [0.717, 1.165) is 5.56 Å². The van der Waals surface area contributed by atoms with Gasteiger partial charge < -0.3 is 5.32 Å². The molecule has 1 N–H and O–H groups in total. The van der Waals surface area contributed by atoms with Gasteiger partial charge in [0.2, 0.25) is 0 Å². The van der Waals surface area contributed by atoms with Gasteiger partial charge in [-0.15, -0.1) is 0 Å². The van der Waals surface area contributed by atoms with Crippen molar-refractivity contribution >= 4 is 0 Å². The first-order chi connectivity index (χ1) is 9.97. The third kappa shape index (κ3) is 4.15. The fraction of sp³-hybridized carbons (Fsp3) is 0.368. The Balaban J connectivity index is 2.05. The Morgan fingerprint density at radius 1 is 0.762 bits per heavy atom. The highest BCUT2D eigenvalue weighted by atomic mass is 19.1. The van der Waals surface area contributed by atoms with Gasteiger partial charge in [-0.25, -0.2) is 4.39 Å². The minimum absolute atomic E-state index is 0.112. The van der Waals surface area contributed by atoms with Crippen molar-refractivity contribution in [2.45, 2.75) is 45.7 Å². The van der Waals surface area contributed by atoms with E-state index in [9.17, 15) is 4.39 Å². The van der Waals surface area contributed by atoms with E-state index < -0.39 is 0 Å². The minimum Gasteiger partial charge on any atom is -0.304 e. The minimum atomic E-state index is -0.185. The van der Waals surface area contributed by atoms with Gasteiger partial charge in [0.05, 0.1) is 0 Å². The zero-order chi connectivity index (χ0) is 15.4. The summed E-state index contributed by atoms with van der Waals surface area (Å²) in [6, 6.07) is 15.8. The van der Waals surface area contributed by atoms with Crippen molar-refractivity contribution in [3.63, 3.8) is 0 Å². The highest BCUT2D eigenvalue weighted by Gasteiger charge is 2.12. The second-order valence-electron chi connectivity index (χ2n) is 5.99. The quantitative estimate of drug-likeness (QED) is 0.779. The monoisotopic (exact) mass is 285 g/mol. The van der Waals surface area contributed by atoms with E-state index in [1.165, 1.54) is 17.2 Å². The molecule has 0 saturated heterocycles. The number of hydrogen-bond donors (Lipinski definition) is 1. The van der Waals surface area contributed by atoms with Gasteiger partial charge in [0.25, 0.3) is 0 Å². The number of nitrogens with one attached hydrogen (secondary N) is 1. The van der Waals surface area contributed by atoms with Crippen molar-refractivity contribution in [2.75, 3.05) is 0 Å². The van der Waals surface area contributed by atoms with E-state index in [1.54, 1.807) is 12.1 Å². The van der Waals surface area contributed by atoms with Crippen LogP contribution in [0.3, 0.4) is 0 Å². The van der Waals surface area contributed by atoms with Gasteiger partial charge >= 0.3 is 0 Å². The summed E-state index contributed by atoms with van der Waals surface area (Å²) in [7, 11) is 0. The molecule has 0 radical (unpaired) electrons. The third-order valence-electron chi connectivity index (χ3n) is 3.95. The molecule has 2 atom stereocenters. The molecule has 2 rings (SSSR count). The number of halogens is 1. The van der Waals surface area contributed by atoms with Crippen LogP contribution in [0.4, 0.5) is 4.39 Å². The Labute approximate surface area is 127 Å². The van der Waals surface area contributed by atoms with Crippen LogP contribution in [0.25, 0.3) is 0 Å². The van der Waals surface area contributed by atoms with Crippen molar-refractivity contribution in [1.29, 1.82) is 0 Å². The van der Waals surface area contributed by atoms with Gasteiger partial charge in [-0.3, -0.25) is 0 Å². The van der Waals surface area contributed by atoms with Gasteiger partial charge in [-0.05, 0) is 48.6 Å². The summed E-state index contributed by atoms with van der Waals surface area (Å²) in [5, 5.41) is 3.52. The maximum atomic E-state index is 13.3. The summed E-state index contributed by atoms with van der Waals surface area (Å²) < 4.78 is 13.3. The summed E-state index contributed by atoms with van der Waals surface area (Å²) in [6.07, 6.45) is 0. The van der Waals surface area contributed by atoms with Crippen LogP contribution in [0, 0.1) is 5.82 Å². The molecule has 0 aliphatic carbocycles. The topological polar surface area (TPSA) is 12.0 Å². The normalized spacial score (nSPS) is 14.2. The molecule has 1 nitrogen and oxygen atoms in total. The van der Waals surface area contributed by atoms with Crippen molar-refractivity contribution in [3.8, 4) is 0 Å². The lowest BCUT2D eigenvalue weighted by atomic mass is 9.99. The van der Waals surface area contributed by atoms with Gasteiger partial charge in [0.15, 0.2) is 0 Å². The Hall–Kier alpha value is -1.67. The Morgan fingerprint density at radius 2 is 1.33 bits per heavy atom. The molecular formula is C19H24FN. The predicted octanol–water partition coefficient (Wildman–Crippen LogP) is 5.36. The van der Waals surface area contributed by atoms with Crippen molar-refractivity contribution < 1.29 is 4.39 Å². The maximum Gasteiger partial charge on any atom is 0.123 e. The fourth-order valence-corrected chi connectivity index (χ4v) is 2.51. The molecule has 0 fully saturated rings. The summed E-state index contributed by atoms with van der Waals surface area (Å²) in [4.78, 5) is 0. The number of benzene rings is 2. The van der Waals surface area contributed by atoms with Crippen molar-refractivity contribution in [1.82, 2.24) is 5.32 Å². The van der Waals surface area contributed by atoms with Gasteiger partial charge in [0, 0.05) is 12.1 Å². The van der Waals surface area contributed by atoms with Crippen LogP contribution in [0.2, 0.25) is 0 Å². The molecule has 0 bridgehead atoms. The third-order valence-corrected chi connectivity index (χ3v) is 3.95. The van der Waals surface area contributed by atoms with Gasteiger partial charge in [-0.2, -0.15) is 0 Å². The zero-order valence-corrected chi connectivity index (χ0v) is 13.2. The Morgan fingerprint density at radius 3 is 1.90 bits per heavy atom. The van der Waals surface area contributed by atoms with E-state index >= 15 is 0 Å². The van der Waals surface area contributed by atoms with E-state index in [-0.39, 0.29) is 17.9 Å². The Bertz CT molecular complexity index is 574. The van der Waals surface area contributed by atoms with Gasteiger partial charge in [-0.1, -0.05) is 50.2 Å². The lowest BCUT2D eigenvalue weighted by Crippen LogP contribution is -2.22. The van der Waals surface area contributed by atoms with Crippen LogP contribution in [0.1, 0.15) is 62.4 Å². The van der Waals surface area contributed by atoms with Gasteiger partial charge in [0.1, 0.15) is 5.82 Å². The lowest BCUT2D eigenvalue weighted by Gasteiger charge is -2.21. The molecule has 0 aromatic heterocycles. The second-order valence-corrected chi connectivity index (χ2v) is 5.99. The number of hydrogen-bond acceptors (Lipinski definition) is 1. The van der Waals surface area contributed by atoms with Crippen LogP contribution < -0.4 is 5.32 Å². The highest BCUT2D eigenvalue weighted by Crippen LogP contribution is 2.22. The molecule has 0 heterocycles. The summed E-state index contributed by atoms with van der Waals surface area (Å²) >= 11 is 0. The standard InChI is InChI=1S/C19H24FN/c1-13(2)16-8-10-17(11-9-16)14(3)21-15(4)18-6-5-7-19(20)12-18/h5-15,21H,1-4H3/t14?,15-/m1/s1. The van der Waals surface area contributed by atoms with E-state index in [0.29, 0.717) is 5.92 Å². The molecule has 0 spiro atoms. The average Bonchev–Trinajstić information content (AvgIpc) is 2.47. The van der Waals surface area contributed by atoms with Crippen molar-refractivity contribution in [2.24, 2.45) is 0 Å². The molecule has 2 aromatic rings. The largest absolute Gasteiger partial charge is 0.304 e. The molecule has 2 heteroatoms. The summed E-state index contributed by atoms with van der Waals surface area (Å²) in [6.45, 7) is 8.60. The van der Waals surface area contributed by atoms with E-state index in [1.807, 2.05) is 6.07 Å².